The molecule has 0 aromatic carbocycles. The normalized spacial score (nSPS) is 46.2. The molecule has 6 atom stereocenters. The average molecular weight is 489 g/mol. The van der Waals surface area contributed by atoms with Crippen molar-refractivity contribution in [2.24, 2.45) is 5.92 Å². The summed E-state index contributed by atoms with van der Waals surface area (Å²) in [6.45, 7) is 0. The molecular formula is C14H21I2NO2. The van der Waals surface area contributed by atoms with Crippen molar-refractivity contribution in [1.29, 1.82) is 0 Å². The van der Waals surface area contributed by atoms with Crippen LogP contribution >= 0.6 is 45.2 Å². The van der Waals surface area contributed by atoms with Gasteiger partial charge in [-0.05, 0) is 38.5 Å². The van der Waals surface area contributed by atoms with E-state index in [1.807, 2.05) is 0 Å². The summed E-state index contributed by atoms with van der Waals surface area (Å²) in [5, 5.41) is 13.3. The first-order chi connectivity index (χ1) is 9.13. The second kappa shape index (κ2) is 6.25. The van der Waals surface area contributed by atoms with Gasteiger partial charge in [0.2, 0.25) is 0 Å². The molecule has 3 aliphatic rings. The quantitative estimate of drug-likeness (QED) is 0.463. The largest absolute Gasteiger partial charge is 0.493 e. The van der Waals surface area contributed by atoms with Crippen LogP contribution in [0, 0.1) is 5.92 Å². The van der Waals surface area contributed by atoms with E-state index < -0.39 is 0 Å². The molecule has 0 saturated heterocycles. The van der Waals surface area contributed by atoms with Crippen LogP contribution in [0.4, 0.5) is 0 Å². The molecule has 19 heavy (non-hydrogen) atoms. The topological polar surface area (TPSA) is 41.5 Å². The minimum absolute atomic E-state index is 0.141. The number of alkyl halides is 2. The maximum Gasteiger partial charge on any atom is 0.117 e. The number of halogens is 2. The van der Waals surface area contributed by atoms with Crippen LogP contribution < -0.4 is 5.32 Å². The van der Waals surface area contributed by atoms with Gasteiger partial charge in [-0.3, -0.25) is 0 Å². The van der Waals surface area contributed by atoms with Crippen LogP contribution in [0.25, 0.3) is 0 Å². The molecule has 0 aromatic rings. The lowest BCUT2D eigenvalue weighted by molar-refractivity contribution is 0.0268. The third-order valence-electron chi connectivity index (χ3n) is 4.58. The Labute approximate surface area is 142 Å². The van der Waals surface area contributed by atoms with Gasteiger partial charge in [-0.2, -0.15) is 0 Å². The summed E-state index contributed by atoms with van der Waals surface area (Å²) in [5.74, 6) is 1.76. The van der Waals surface area contributed by atoms with Crippen LogP contribution in [0.15, 0.2) is 12.0 Å². The lowest BCUT2D eigenvalue weighted by atomic mass is 9.85. The highest BCUT2D eigenvalue weighted by Crippen LogP contribution is 2.39. The molecule has 5 heteroatoms. The van der Waals surface area contributed by atoms with Gasteiger partial charge < -0.3 is 15.2 Å². The lowest BCUT2D eigenvalue weighted by Gasteiger charge is -2.34. The minimum Gasteiger partial charge on any atom is -0.493 e. The molecule has 2 aliphatic carbocycles. The van der Waals surface area contributed by atoms with E-state index in [2.05, 4.69) is 56.7 Å². The van der Waals surface area contributed by atoms with Crippen molar-refractivity contribution >= 4 is 45.2 Å². The van der Waals surface area contributed by atoms with E-state index in [0.29, 0.717) is 22.0 Å². The predicted octanol–water partition coefficient (Wildman–Crippen LogP) is 3.14. The summed E-state index contributed by atoms with van der Waals surface area (Å²) < 4.78 is 7.40. The van der Waals surface area contributed by atoms with E-state index >= 15 is 0 Å². The average Bonchev–Trinajstić information content (AvgIpc) is 2.77. The van der Waals surface area contributed by atoms with Gasteiger partial charge in [0.05, 0.1) is 12.2 Å². The Balaban J connectivity index is 1.58. The SMILES string of the molecule is OC1CCC(OC2=CNC3CCC(I)CC23)CC1I. The molecule has 0 amide bonds. The van der Waals surface area contributed by atoms with E-state index in [9.17, 15) is 5.11 Å². The fraction of sp³-hybridized carbons (Fsp3) is 0.857. The van der Waals surface area contributed by atoms with Crippen LogP contribution in [0.1, 0.15) is 38.5 Å². The van der Waals surface area contributed by atoms with Crippen molar-refractivity contribution in [3.8, 4) is 0 Å². The summed E-state index contributed by atoms with van der Waals surface area (Å²) in [5.41, 5.74) is 0. The fourth-order valence-electron chi connectivity index (χ4n) is 3.41. The number of hydrogen-bond donors (Lipinski definition) is 2. The van der Waals surface area contributed by atoms with Gasteiger partial charge in [0.15, 0.2) is 0 Å². The lowest BCUT2D eigenvalue weighted by Crippen LogP contribution is -2.36. The fourth-order valence-corrected chi connectivity index (χ4v) is 5.25. The molecule has 2 saturated carbocycles. The Kier molecular flexibility index (Phi) is 4.83. The summed E-state index contributed by atoms with van der Waals surface area (Å²) in [4.78, 5) is 0. The Morgan fingerprint density at radius 1 is 1.16 bits per heavy atom. The monoisotopic (exact) mass is 489 g/mol. The molecule has 1 heterocycles. The molecule has 0 aromatic heterocycles. The summed E-state index contributed by atoms with van der Waals surface area (Å²) in [7, 11) is 0. The van der Waals surface area contributed by atoms with Crippen molar-refractivity contribution in [1.82, 2.24) is 5.32 Å². The summed E-state index contributed by atoms with van der Waals surface area (Å²) >= 11 is 4.93. The van der Waals surface area contributed by atoms with Crippen LogP contribution in [0.5, 0.6) is 0 Å². The zero-order valence-corrected chi connectivity index (χ0v) is 15.2. The Hall–Kier alpha value is 0.760. The van der Waals surface area contributed by atoms with Gasteiger partial charge in [-0.1, -0.05) is 45.2 Å². The minimum atomic E-state index is -0.141. The predicted molar refractivity (Wildman–Crippen MR) is 92.7 cm³/mol. The molecule has 0 spiro atoms. The molecule has 108 valence electrons. The highest BCUT2D eigenvalue weighted by molar-refractivity contribution is 14.1. The number of nitrogens with one attached hydrogen (secondary N) is 1. The number of aliphatic hydroxyl groups excluding tert-OH is 1. The number of rotatable bonds is 2. The van der Waals surface area contributed by atoms with Crippen molar-refractivity contribution in [2.45, 2.75) is 64.6 Å². The second-order valence-electron chi connectivity index (χ2n) is 5.97. The molecule has 6 unspecified atom stereocenters. The molecule has 0 bridgehead atoms. The molecular weight excluding hydrogens is 468 g/mol. The molecule has 0 radical (unpaired) electrons. The van der Waals surface area contributed by atoms with E-state index in [1.54, 1.807) is 0 Å². The highest BCUT2D eigenvalue weighted by Gasteiger charge is 2.38. The van der Waals surface area contributed by atoms with Crippen molar-refractivity contribution in [2.75, 3.05) is 0 Å². The van der Waals surface area contributed by atoms with Gasteiger partial charge in [0.25, 0.3) is 0 Å². The maximum atomic E-state index is 9.79. The number of fused-ring (bicyclic) bond motifs is 1. The summed E-state index contributed by atoms with van der Waals surface area (Å²) in [6, 6.07) is 0.602. The van der Waals surface area contributed by atoms with E-state index in [-0.39, 0.29) is 6.10 Å². The number of hydrogen-bond acceptors (Lipinski definition) is 3. The van der Waals surface area contributed by atoms with Gasteiger partial charge in [0.1, 0.15) is 5.76 Å². The molecule has 2 fully saturated rings. The van der Waals surface area contributed by atoms with E-state index in [0.717, 1.165) is 23.2 Å². The van der Waals surface area contributed by atoms with Gasteiger partial charge in [0, 0.05) is 26.0 Å². The van der Waals surface area contributed by atoms with Gasteiger partial charge in [-0.15, -0.1) is 0 Å². The maximum absolute atomic E-state index is 9.79. The van der Waals surface area contributed by atoms with E-state index in [1.165, 1.54) is 25.0 Å². The van der Waals surface area contributed by atoms with Gasteiger partial charge in [-0.25, -0.2) is 0 Å². The smallest absolute Gasteiger partial charge is 0.117 e. The van der Waals surface area contributed by atoms with Crippen LogP contribution in [0.2, 0.25) is 0 Å². The van der Waals surface area contributed by atoms with Crippen molar-refractivity contribution < 1.29 is 9.84 Å². The Morgan fingerprint density at radius 3 is 2.79 bits per heavy atom. The Morgan fingerprint density at radius 2 is 2.00 bits per heavy atom. The first-order valence-corrected chi connectivity index (χ1v) is 9.71. The third kappa shape index (κ3) is 3.33. The summed E-state index contributed by atoms with van der Waals surface area (Å²) in [6.07, 6.45) is 8.93. The van der Waals surface area contributed by atoms with E-state index in [4.69, 9.17) is 4.74 Å². The van der Waals surface area contributed by atoms with Crippen LogP contribution in [-0.2, 0) is 4.74 Å². The first kappa shape index (κ1) is 14.7. The molecule has 3 nitrogen and oxygen atoms in total. The van der Waals surface area contributed by atoms with Crippen LogP contribution in [0.3, 0.4) is 0 Å². The molecule has 3 rings (SSSR count). The van der Waals surface area contributed by atoms with Crippen molar-refractivity contribution in [3.05, 3.63) is 12.0 Å². The zero-order chi connectivity index (χ0) is 13.4. The molecule has 2 N–H and O–H groups in total. The molecule has 1 aliphatic heterocycles. The second-order valence-corrected chi connectivity index (χ2v) is 9.33. The highest BCUT2D eigenvalue weighted by atomic mass is 127. The zero-order valence-electron chi connectivity index (χ0n) is 10.9. The standard InChI is InChI=1S/C14H21I2NO2/c15-8-1-3-12-10(5-8)14(7-17-12)19-9-2-4-13(18)11(16)6-9/h7-13,17-18H,1-6H2. The van der Waals surface area contributed by atoms with Crippen molar-refractivity contribution in [3.63, 3.8) is 0 Å². The number of ether oxygens (including phenoxy) is 1. The van der Waals surface area contributed by atoms with Crippen LogP contribution in [-0.4, -0.2) is 31.2 Å². The van der Waals surface area contributed by atoms with Gasteiger partial charge >= 0.3 is 0 Å². The third-order valence-corrected chi connectivity index (χ3v) is 7.05. The number of aliphatic hydroxyl groups is 1. The first-order valence-electron chi connectivity index (χ1n) is 7.22. The Bertz CT molecular complexity index is 363.